The first-order valence-electron chi connectivity index (χ1n) is 34.0. The Morgan fingerprint density at radius 3 is 1.77 bits per heavy atom. The molecule has 2 unspecified atom stereocenters. The number of pyridine rings is 4. The van der Waals surface area contributed by atoms with Crippen LogP contribution in [0.5, 0.6) is 0 Å². The molecule has 11 aromatic heterocycles. The van der Waals surface area contributed by atoms with Gasteiger partial charge in [0.05, 0.1) is 52.1 Å². The smallest absolute Gasteiger partial charge is 0.198 e. The molecule has 16 heteroatoms. The molecule has 0 radical (unpaired) electrons. The second-order valence-corrected chi connectivity index (χ2v) is 24.5. The second-order valence-electron chi connectivity index (χ2n) is 24.5. The van der Waals surface area contributed by atoms with Crippen molar-refractivity contribution in [1.82, 2.24) is 63.2 Å². The molecule has 0 spiro atoms. The zero-order valence-corrected chi connectivity index (χ0v) is 58.8. The van der Waals surface area contributed by atoms with E-state index in [2.05, 4.69) is 283 Å². The molecule has 103 heavy (non-hydrogen) atoms. The van der Waals surface area contributed by atoms with E-state index in [1.165, 1.54) is 67.1 Å². The van der Waals surface area contributed by atoms with Gasteiger partial charge in [-0.2, -0.15) is 0 Å². The number of hydrogen-bond donors (Lipinski definition) is 0. The lowest BCUT2D eigenvalue weighted by molar-refractivity contribution is 0.997. The zero-order valence-electron chi connectivity index (χ0n) is 58.8. The summed E-state index contributed by atoms with van der Waals surface area (Å²) in [6.45, 7) is 16.0. The van der Waals surface area contributed by atoms with Gasteiger partial charge in [0.15, 0.2) is 11.3 Å². The third-order valence-corrected chi connectivity index (χ3v) is 16.4. The summed E-state index contributed by atoms with van der Waals surface area (Å²) in [5, 5.41) is 0. The van der Waals surface area contributed by atoms with Crippen LogP contribution >= 0.6 is 0 Å². The molecule has 0 saturated carbocycles. The van der Waals surface area contributed by atoms with Crippen LogP contribution in [0.25, 0.3) is 72.6 Å². The minimum atomic E-state index is 0.0580. The minimum absolute atomic E-state index is 0.0580. The monoisotopic (exact) mass is 1350 g/mol. The van der Waals surface area contributed by atoms with E-state index in [0.717, 1.165) is 62.2 Å². The van der Waals surface area contributed by atoms with Gasteiger partial charge >= 0.3 is 0 Å². The number of fused-ring (bicyclic) bond motifs is 7. The van der Waals surface area contributed by atoms with Gasteiger partial charge in [0, 0.05) is 84.1 Å². The standard InChI is InChI=1S/C20H16N2.C17H15N.C9H8N2.2C9H9N.C8H7N3.C8H8N2.C7H6N4/c1-14-21-19-12-17(15-8-4-2-5-9-15)18(13-20(19)22-14)16-10-6-3-7-11-16;1-14-12-13-17(15-8-4-2-5-9-15)18(14)16-10-6-3-7-11-16;1-7-4-5-8-9(11-7)3-2-6-10-8;1-8-6-9-4-2-3-5-10(9)7-8;1-7-6-8-4-2-3-5-9(8)10-7;1-6-10-5-8-7(11-6)3-2-4-9-8;1-7-5-8-9-3-2-4-10(8)6-7;1-5-4-10-6-7(11-5)9-3-2-8-6/h2-13,19H,1H3;2-13H,1H3;2-6H,1H3;2-7H,1H3;2-6,9H,1H3;2-5H,1H3;2-6H,1H3;2-4H,1H3. The first-order valence-corrected chi connectivity index (χ1v) is 34.0. The van der Waals surface area contributed by atoms with Crippen LogP contribution in [0.15, 0.2) is 338 Å². The Kier molecular flexibility index (Phi) is 23.0. The average Bonchev–Trinajstić information content (AvgIpc) is 1.75. The van der Waals surface area contributed by atoms with Crippen LogP contribution in [0.3, 0.4) is 0 Å². The average molecular weight is 1350 g/mol. The number of allylic oxidation sites excluding steroid dienone is 5. The van der Waals surface area contributed by atoms with Crippen molar-refractivity contribution in [2.45, 2.75) is 67.5 Å². The van der Waals surface area contributed by atoms with E-state index in [0.29, 0.717) is 17.3 Å². The van der Waals surface area contributed by atoms with E-state index in [9.17, 15) is 0 Å². The van der Waals surface area contributed by atoms with Crippen molar-refractivity contribution in [2.75, 3.05) is 0 Å². The molecule has 506 valence electrons. The Balaban J connectivity index is 0.000000113. The number of aliphatic imine (C=N–C) groups is 3. The van der Waals surface area contributed by atoms with Gasteiger partial charge in [0.25, 0.3) is 0 Å². The Morgan fingerprint density at radius 2 is 1.05 bits per heavy atom. The Labute approximate surface area is 599 Å². The van der Waals surface area contributed by atoms with E-state index in [-0.39, 0.29) is 6.04 Å². The van der Waals surface area contributed by atoms with Crippen molar-refractivity contribution < 1.29 is 0 Å². The fourth-order valence-corrected chi connectivity index (χ4v) is 11.7. The predicted molar refractivity (Wildman–Crippen MR) is 421 cm³/mol. The van der Waals surface area contributed by atoms with Gasteiger partial charge in [-0.1, -0.05) is 140 Å². The fourth-order valence-electron chi connectivity index (χ4n) is 11.7. The van der Waals surface area contributed by atoms with Gasteiger partial charge in [-0.25, -0.2) is 39.9 Å². The number of nitrogens with zero attached hydrogens (tertiary/aromatic N) is 16. The van der Waals surface area contributed by atoms with Gasteiger partial charge in [0.1, 0.15) is 28.9 Å². The molecule has 0 bridgehead atoms. The number of hydrogen-bond acceptors (Lipinski definition) is 13. The highest BCUT2D eigenvalue weighted by molar-refractivity contribution is 6.23. The quantitative estimate of drug-likeness (QED) is 0.165. The molecular weight excluding hydrogens is 1270 g/mol. The lowest BCUT2D eigenvalue weighted by Crippen LogP contribution is -2.16. The van der Waals surface area contributed by atoms with Crippen LogP contribution in [0.4, 0.5) is 0 Å². The SMILES string of the molecule is CC1=NC2C=C(c3ccccc3)C(c3ccccc3)=CC2=N1.CC1=NC2C=CC=CC2=C1.Cc1cc2ccccn2c1.Cc1cc2ncccn2c1.Cc1ccc(-c2ccccc2)n1-c1ccccc1.Cc1ccc2ncccc2n1.Cc1cnc2nccnc2n1.Cc1ncc2ncccc2n1. The molecule has 0 amide bonds. The highest BCUT2D eigenvalue weighted by atomic mass is 15.0. The molecule has 4 aliphatic rings. The number of para-hydroxylation sites is 1. The van der Waals surface area contributed by atoms with E-state index >= 15 is 0 Å². The van der Waals surface area contributed by atoms with Crippen LogP contribution < -0.4 is 0 Å². The normalized spacial score (nSPS) is 14.1. The number of rotatable bonds is 4. The number of aromatic nitrogens is 13. The summed E-state index contributed by atoms with van der Waals surface area (Å²) >= 11 is 0. The summed E-state index contributed by atoms with van der Waals surface area (Å²) in [4.78, 5) is 54.7. The maximum atomic E-state index is 4.61. The molecule has 4 aromatic carbocycles. The van der Waals surface area contributed by atoms with Crippen LogP contribution in [0, 0.1) is 41.5 Å². The highest BCUT2D eigenvalue weighted by Crippen LogP contribution is 2.36. The van der Waals surface area contributed by atoms with Crippen molar-refractivity contribution in [1.29, 1.82) is 0 Å². The third-order valence-electron chi connectivity index (χ3n) is 16.4. The van der Waals surface area contributed by atoms with Crippen molar-refractivity contribution >= 4 is 72.9 Å². The molecule has 13 heterocycles. The van der Waals surface area contributed by atoms with Crippen molar-refractivity contribution in [3.05, 3.63) is 368 Å². The molecule has 0 N–H and O–H groups in total. The molecular formula is C87H78N16. The van der Waals surface area contributed by atoms with Crippen LogP contribution in [-0.4, -0.2) is 92.6 Å². The molecule has 19 rings (SSSR count). The maximum absolute atomic E-state index is 4.61. The first kappa shape index (κ1) is 69.7. The number of benzene rings is 4. The van der Waals surface area contributed by atoms with Crippen LogP contribution in [-0.2, 0) is 0 Å². The summed E-state index contributed by atoms with van der Waals surface area (Å²) in [6, 6.07) is 70.6. The molecule has 2 atom stereocenters. The van der Waals surface area contributed by atoms with E-state index < -0.39 is 0 Å². The predicted octanol–water partition coefficient (Wildman–Crippen LogP) is 18.6. The summed E-state index contributed by atoms with van der Waals surface area (Å²) < 4.78 is 6.42. The first-order chi connectivity index (χ1) is 50.3. The third kappa shape index (κ3) is 18.8. The van der Waals surface area contributed by atoms with E-state index in [1.54, 1.807) is 43.4 Å². The van der Waals surface area contributed by atoms with Crippen LogP contribution in [0.1, 0.15) is 59.0 Å². The minimum Gasteiger partial charge on any atom is -0.324 e. The van der Waals surface area contributed by atoms with Crippen molar-refractivity contribution in [3.63, 3.8) is 0 Å². The molecule has 0 fully saturated rings. The van der Waals surface area contributed by atoms with Crippen molar-refractivity contribution in [2.24, 2.45) is 15.0 Å². The summed E-state index contributed by atoms with van der Waals surface area (Å²) in [5.41, 5.74) is 24.9. The van der Waals surface area contributed by atoms with Gasteiger partial charge in [-0.3, -0.25) is 24.9 Å². The van der Waals surface area contributed by atoms with E-state index in [1.807, 2.05) is 124 Å². The van der Waals surface area contributed by atoms with Gasteiger partial charge < -0.3 is 13.4 Å². The summed E-state index contributed by atoms with van der Waals surface area (Å²) in [7, 11) is 0. The lowest BCUT2D eigenvalue weighted by Gasteiger charge is -2.20. The number of amidine groups is 1. The molecule has 2 aliphatic carbocycles. The second kappa shape index (κ2) is 34.0. The molecule has 15 aromatic rings. The molecule has 0 saturated heterocycles. The largest absolute Gasteiger partial charge is 0.324 e. The van der Waals surface area contributed by atoms with Gasteiger partial charge in [-0.15, -0.1) is 0 Å². The maximum Gasteiger partial charge on any atom is 0.198 e. The lowest BCUT2D eigenvalue weighted by atomic mass is 9.85. The Morgan fingerprint density at radius 1 is 0.408 bits per heavy atom. The van der Waals surface area contributed by atoms with Crippen LogP contribution in [0.2, 0.25) is 0 Å². The fraction of sp³-hybridized carbons (Fsp3) is 0.115. The number of aryl methyl sites for hydroxylation is 6. The molecule has 16 nitrogen and oxygen atoms in total. The Bertz CT molecular complexity index is 5300. The summed E-state index contributed by atoms with van der Waals surface area (Å²) in [6.07, 6.45) is 35.0. The topological polar surface area (TPSA) is 180 Å². The Hall–Kier alpha value is -13.2. The van der Waals surface area contributed by atoms with Gasteiger partial charge in [0.2, 0.25) is 0 Å². The van der Waals surface area contributed by atoms with Crippen molar-refractivity contribution in [3.8, 4) is 16.9 Å². The van der Waals surface area contributed by atoms with Gasteiger partial charge in [-0.05, 0) is 209 Å². The summed E-state index contributed by atoms with van der Waals surface area (Å²) in [5.74, 6) is 1.64. The highest BCUT2D eigenvalue weighted by Gasteiger charge is 2.26. The van der Waals surface area contributed by atoms with E-state index in [4.69, 9.17) is 0 Å². The zero-order chi connectivity index (χ0) is 71.3. The molecule has 2 aliphatic heterocycles.